The number of rotatable bonds is 7. The van der Waals surface area contributed by atoms with Crippen molar-refractivity contribution in [3.63, 3.8) is 0 Å². The molecular formula is C19H24N2O5S2. The molecule has 7 nitrogen and oxygen atoms in total. The molecule has 2 aromatic rings. The normalized spacial score (nSPS) is 17.9. The molecule has 1 atom stereocenters. The molecule has 1 aromatic carbocycles. The van der Waals surface area contributed by atoms with Gasteiger partial charge in [-0.1, -0.05) is 12.5 Å². The van der Waals surface area contributed by atoms with E-state index in [2.05, 4.69) is 5.32 Å². The Bertz CT molecular complexity index is 912. The Morgan fingerprint density at radius 3 is 2.75 bits per heavy atom. The van der Waals surface area contributed by atoms with Crippen molar-refractivity contribution in [1.82, 2.24) is 4.31 Å². The Labute approximate surface area is 169 Å². The zero-order chi connectivity index (χ0) is 20.1. The van der Waals surface area contributed by atoms with Crippen LogP contribution in [0.5, 0.6) is 11.5 Å². The van der Waals surface area contributed by atoms with Gasteiger partial charge in [-0.3, -0.25) is 4.79 Å². The lowest BCUT2D eigenvalue weighted by Gasteiger charge is -2.34. The Kier molecular flexibility index (Phi) is 6.58. The molecule has 1 saturated heterocycles. The average molecular weight is 425 g/mol. The molecule has 9 heteroatoms. The largest absolute Gasteiger partial charge is 0.497 e. The lowest BCUT2D eigenvalue weighted by Crippen LogP contribution is -2.45. The molecule has 28 heavy (non-hydrogen) atoms. The van der Waals surface area contributed by atoms with Crippen molar-refractivity contribution in [2.75, 3.05) is 26.1 Å². The van der Waals surface area contributed by atoms with Gasteiger partial charge >= 0.3 is 0 Å². The molecule has 1 amide bonds. The first kappa shape index (κ1) is 20.6. The maximum atomic E-state index is 12.9. The molecule has 1 N–H and O–H groups in total. The number of nitrogens with zero attached hydrogens (tertiary/aromatic N) is 1. The molecule has 1 aliphatic rings. The van der Waals surface area contributed by atoms with Crippen LogP contribution in [-0.2, 0) is 14.8 Å². The number of piperidine rings is 1. The van der Waals surface area contributed by atoms with Crippen LogP contribution in [0.3, 0.4) is 0 Å². The Morgan fingerprint density at radius 2 is 2.07 bits per heavy atom. The topological polar surface area (TPSA) is 84.9 Å². The van der Waals surface area contributed by atoms with Crippen molar-refractivity contribution in [2.45, 2.75) is 35.9 Å². The summed E-state index contributed by atoms with van der Waals surface area (Å²) >= 11 is 1.20. The van der Waals surface area contributed by atoms with Gasteiger partial charge in [0.15, 0.2) is 0 Å². The fraction of sp³-hybridized carbons (Fsp3) is 0.421. The summed E-state index contributed by atoms with van der Waals surface area (Å²) in [7, 11) is -0.508. The smallest absolute Gasteiger partial charge is 0.252 e. The van der Waals surface area contributed by atoms with Crippen LogP contribution in [0, 0.1) is 0 Å². The van der Waals surface area contributed by atoms with Crippen LogP contribution in [0.4, 0.5) is 5.69 Å². The second kappa shape index (κ2) is 8.93. The van der Waals surface area contributed by atoms with Gasteiger partial charge in [-0.25, -0.2) is 8.42 Å². The standard InChI is InChI=1S/C19H24N2O5S2/c1-25-15-8-9-16(17(13-15)26-2)20-18(22)12-14-6-3-4-10-21(14)28(23,24)19-7-5-11-27-19/h5,7-9,11,13-14H,3-4,6,10,12H2,1-2H3,(H,20,22)/t14-/m0/s1. The highest BCUT2D eigenvalue weighted by Crippen LogP contribution is 2.31. The van der Waals surface area contributed by atoms with Crippen LogP contribution in [0.2, 0.25) is 0 Å². The SMILES string of the molecule is COc1ccc(NC(=O)C[C@@H]2CCCCN2S(=O)(=O)c2cccs2)c(OC)c1. The van der Waals surface area contributed by atoms with Crippen molar-refractivity contribution in [3.05, 3.63) is 35.7 Å². The molecule has 152 valence electrons. The van der Waals surface area contributed by atoms with Crippen molar-refractivity contribution in [2.24, 2.45) is 0 Å². The molecule has 0 saturated carbocycles. The van der Waals surface area contributed by atoms with E-state index >= 15 is 0 Å². The van der Waals surface area contributed by atoms with Gasteiger partial charge in [-0.05, 0) is 36.4 Å². The predicted molar refractivity (Wildman–Crippen MR) is 109 cm³/mol. The predicted octanol–water partition coefficient (Wildman–Crippen LogP) is 3.34. The van der Waals surface area contributed by atoms with Gasteiger partial charge in [-0.15, -0.1) is 11.3 Å². The maximum Gasteiger partial charge on any atom is 0.252 e. The number of carbonyl (C=O) groups excluding carboxylic acids is 1. The van der Waals surface area contributed by atoms with Crippen LogP contribution in [0.1, 0.15) is 25.7 Å². The quantitative estimate of drug-likeness (QED) is 0.737. The number of methoxy groups -OCH3 is 2. The first-order valence-corrected chi connectivity index (χ1v) is 11.3. The van der Waals surface area contributed by atoms with Crippen molar-refractivity contribution >= 4 is 33.0 Å². The second-order valence-electron chi connectivity index (χ2n) is 6.52. The first-order chi connectivity index (χ1) is 13.5. The summed E-state index contributed by atoms with van der Waals surface area (Å²) in [5.74, 6) is 0.858. The van der Waals surface area contributed by atoms with E-state index in [9.17, 15) is 13.2 Å². The monoisotopic (exact) mass is 424 g/mol. The Hall–Kier alpha value is -2.10. The van der Waals surface area contributed by atoms with E-state index in [-0.39, 0.29) is 18.4 Å². The summed E-state index contributed by atoms with van der Waals surface area (Å²) in [5, 5.41) is 4.57. The van der Waals surface area contributed by atoms with E-state index in [0.29, 0.717) is 34.4 Å². The minimum Gasteiger partial charge on any atom is -0.497 e. The summed E-state index contributed by atoms with van der Waals surface area (Å²) in [5.41, 5.74) is 0.525. The second-order valence-corrected chi connectivity index (χ2v) is 9.58. The van der Waals surface area contributed by atoms with Gasteiger partial charge < -0.3 is 14.8 Å². The highest BCUT2D eigenvalue weighted by molar-refractivity contribution is 7.91. The van der Waals surface area contributed by atoms with E-state index < -0.39 is 10.0 Å². The summed E-state index contributed by atoms with van der Waals surface area (Å²) in [6.07, 6.45) is 2.47. The summed E-state index contributed by atoms with van der Waals surface area (Å²) in [6.45, 7) is 0.435. The number of hydrogen-bond donors (Lipinski definition) is 1. The number of sulfonamides is 1. The third-order valence-corrected chi connectivity index (χ3v) is 8.06. The molecule has 0 radical (unpaired) electrons. The van der Waals surface area contributed by atoms with Crippen LogP contribution < -0.4 is 14.8 Å². The van der Waals surface area contributed by atoms with E-state index in [1.165, 1.54) is 22.8 Å². The van der Waals surface area contributed by atoms with Gasteiger partial charge in [0.05, 0.1) is 19.9 Å². The molecule has 0 bridgehead atoms. The highest BCUT2D eigenvalue weighted by atomic mass is 32.2. The molecular weight excluding hydrogens is 400 g/mol. The maximum absolute atomic E-state index is 12.9. The number of carbonyl (C=O) groups is 1. The lowest BCUT2D eigenvalue weighted by atomic mass is 10.0. The molecule has 3 rings (SSSR count). The molecule has 1 aliphatic heterocycles. The van der Waals surface area contributed by atoms with Crippen molar-refractivity contribution in [1.29, 1.82) is 0 Å². The Morgan fingerprint density at radius 1 is 1.25 bits per heavy atom. The number of thiophene rings is 1. The summed E-state index contributed by atoms with van der Waals surface area (Å²) in [4.78, 5) is 12.6. The van der Waals surface area contributed by atoms with Gasteiger partial charge in [0.25, 0.3) is 10.0 Å². The Balaban J connectivity index is 1.73. The molecule has 1 aromatic heterocycles. The van der Waals surface area contributed by atoms with E-state index in [4.69, 9.17) is 9.47 Å². The number of ether oxygens (including phenoxy) is 2. The van der Waals surface area contributed by atoms with Gasteiger partial charge in [0.2, 0.25) is 5.91 Å². The third kappa shape index (κ3) is 4.48. The number of amides is 1. The van der Waals surface area contributed by atoms with E-state index in [1.807, 2.05) is 0 Å². The first-order valence-electron chi connectivity index (χ1n) is 9.03. The number of nitrogens with one attached hydrogen (secondary N) is 1. The fourth-order valence-corrected chi connectivity index (χ4v) is 6.15. The lowest BCUT2D eigenvalue weighted by molar-refractivity contribution is -0.117. The average Bonchev–Trinajstić information content (AvgIpc) is 3.24. The van der Waals surface area contributed by atoms with Crippen LogP contribution in [0.15, 0.2) is 39.9 Å². The van der Waals surface area contributed by atoms with Gasteiger partial charge in [-0.2, -0.15) is 4.31 Å². The minimum absolute atomic E-state index is 0.0970. The zero-order valence-corrected chi connectivity index (χ0v) is 17.5. The molecule has 1 fully saturated rings. The van der Waals surface area contributed by atoms with E-state index in [0.717, 1.165) is 12.8 Å². The van der Waals surface area contributed by atoms with Crippen molar-refractivity contribution < 1.29 is 22.7 Å². The number of anilines is 1. The summed E-state index contributed by atoms with van der Waals surface area (Å²) < 4.78 is 38.1. The molecule has 0 unspecified atom stereocenters. The third-order valence-electron chi connectivity index (χ3n) is 4.73. The van der Waals surface area contributed by atoms with Crippen LogP contribution >= 0.6 is 11.3 Å². The summed E-state index contributed by atoms with van der Waals surface area (Å²) in [6, 6.07) is 8.09. The zero-order valence-electron chi connectivity index (χ0n) is 15.9. The highest BCUT2D eigenvalue weighted by Gasteiger charge is 2.35. The number of hydrogen-bond acceptors (Lipinski definition) is 6. The molecule has 0 spiro atoms. The van der Waals surface area contributed by atoms with Crippen LogP contribution in [0.25, 0.3) is 0 Å². The molecule has 0 aliphatic carbocycles. The van der Waals surface area contributed by atoms with Crippen LogP contribution in [-0.4, -0.2) is 45.4 Å². The van der Waals surface area contributed by atoms with E-state index in [1.54, 1.807) is 42.8 Å². The number of benzene rings is 1. The molecule has 2 heterocycles. The van der Waals surface area contributed by atoms with Gasteiger partial charge in [0.1, 0.15) is 15.7 Å². The minimum atomic E-state index is -3.58. The fourth-order valence-electron chi connectivity index (χ4n) is 3.34. The van der Waals surface area contributed by atoms with Crippen molar-refractivity contribution in [3.8, 4) is 11.5 Å². The van der Waals surface area contributed by atoms with Gasteiger partial charge in [0, 0.05) is 25.1 Å².